The van der Waals surface area contributed by atoms with Crippen LogP contribution in [0.5, 0.6) is 0 Å². The van der Waals surface area contributed by atoms with Gasteiger partial charge in [0.2, 0.25) is 11.5 Å². The molecule has 0 aliphatic rings. The summed E-state index contributed by atoms with van der Waals surface area (Å²) in [6.45, 7) is 1.84. The normalized spacial score (nSPS) is 12.8. The fourth-order valence-corrected chi connectivity index (χ4v) is 0.549. The third-order valence-corrected chi connectivity index (χ3v) is 1.26. The maximum Gasteiger partial charge on any atom is 0.448 e. The maximum absolute atomic E-state index is 11.3. The van der Waals surface area contributed by atoms with Crippen molar-refractivity contribution < 1.29 is 62.9 Å². The number of hydrogen-bond acceptors (Lipinski definition) is 4. The minimum atomic E-state index is -4.81. The van der Waals surface area contributed by atoms with Crippen molar-refractivity contribution in [2.24, 2.45) is 0 Å². The number of alkyl halides is 6. The standard InChI is InChI=1S/2C5H5F3O2.Co/c2*1-3(9)2-4(10)5(6,7)8;/h2*2,10H,1H3;/b2*4-2-;. The minimum Gasteiger partial charge on any atom is -0.504 e. The molecule has 1 radical (unpaired) electrons. The molecule has 0 amide bonds. The van der Waals surface area contributed by atoms with Crippen LogP contribution in [-0.2, 0) is 26.4 Å². The summed E-state index contributed by atoms with van der Waals surface area (Å²) in [5, 5.41) is 16.1. The number of allylic oxidation sites excluding steroid dienone is 4. The molecule has 21 heavy (non-hydrogen) atoms. The van der Waals surface area contributed by atoms with Gasteiger partial charge in [0, 0.05) is 28.9 Å². The van der Waals surface area contributed by atoms with Gasteiger partial charge in [-0.15, -0.1) is 0 Å². The molecular weight excluding hydrogens is 357 g/mol. The number of aliphatic hydroxyl groups excluding tert-OH is 2. The molecular formula is C10H10CoF6O4. The van der Waals surface area contributed by atoms with Gasteiger partial charge in [0.05, 0.1) is 0 Å². The second-order valence-electron chi connectivity index (χ2n) is 3.28. The maximum atomic E-state index is 11.3. The van der Waals surface area contributed by atoms with E-state index in [1.165, 1.54) is 0 Å². The first kappa shape index (κ1) is 24.5. The largest absolute Gasteiger partial charge is 0.504 e. The van der Waals surface area contributed by atoms with Crippen LogP contribution in [0.1, 0.15) is 13.8 Å². The van der Waals surface area contributed by atoms with Gasteiger partial charge in [0.1, 0.15) is 0 Å². The molecule has 0 unspecified atom stereocenters. The summed E-state index contributed by atoms with van der Waals surface area (Å²) < 4.78 is 68.0. The first-order chi connectivity index (χ1) is 8.67. The Hall–Kier alpha value is -1.49. The summed E-state index contributed by atoms with van der Waals surface area (Å²) in [6.07, 6.45) is -9.38. The number of hydrogen-bond donors (Lipinski definition) is 2. The Morgan fingerprint density at radius 3 is 1.00 bits per heavy atom. The predicted molar refractivity (Wildman–Crippen MR) is 54.9 cm³/mol. The summed E-state index contributed by atoms with van der Waals surface area (Å²) in [7, 11) is 0. The Bertz CT molecular complexity index is 382. The van der Waals surface area contributed by atoms with Crippen molar-refractivity contribution >= 4 is 11.6 Å². The van der Waals surface area contributed by atoms with E-state index in [2.05, 4.69) is 0 Å². The monoisotopic (exact) mass is 367 g/mol. The number of rotatable bonds is 2. The molecule has 0 aliphatic carbocycles. The van der Waals surface area contributed by atoms with E-state index in [9.17, 15) is 35.9 Å². The van der Waals surface area contributed by atoms with Crippen LogP contribution in [0, 0.1) is 0 Å². The third-order valence-electron chi connectivity index (χ3n) is 1.26. The van der Waals surface area contributed by atoms with Gasteiger partial charge in [-0.3, -0.25) is 9.59 Å². The zero-order chi connectivity index (χ0) is 16.7. The Morgan fingerprint density at radius 1 is 0.762 bits per heavy atom. The molecule has 0 spiro atoms. The molecule has 0 aromatic heterocycles. The van der Waals surface area contributed by atoms with E-state index in [4.69, 9.17) is 10.2 Å². The zero-order valence-electron chi connectivity index (χ0n) is 10.5. The van der Waals surface area contributed by atoms with Crippen LogP contribution in [0.15, 0.2) is 23.7 Å². The average molecular weight is 367 g/mol. The summed E-state index contributed by atoms with van der Waals surface area (Å²) in [5.74, 6) is -5.40. The van der Waals surface area contributed by atoms with Crippen molar-refractivity contribution in [3.05, 3.63) is 23.7 Å². The van der Waals surface area contributed by atoms with Crippen LogP contribution in [0.4, 0.5) is 26.3 Å². The topological polar surface area (TPSA) is 74.6 Å². The molecule has 0 saturated heterocycles. The molecule has 0 saturated carbocycles. The van der Waals surface area contributed by atoms with Gasteiger partial charge in [0.15, 0.2) is 11.6 Å². The molecule has 0 rings (SSSR count). The van der Waals surface area contributed by atoms with Gasteiger partial charge in [-0.05, 0) is 13.8 Å². The van der Waals surface area contributed by atoms with Gasteiger partial charge in [-0.2, -0.15) is 26.3 Å². The van der Waals surface area contributed by atoms with Gasteiger partial charge in [0.25, 0.3) is 0 Å². The van der Waals surface area contributed by atoms with E-state index in [-0.39, 0.29) is 28.9 Å². The molecule has 11 heteroatoms. The predicted octanol–water partition coefficient (Wildman–Crippen LogP) is 3.16. The van der Waals surface area contributed by atoms with Crippen LogP contribution >= 0.6 is 0 Å². The Kier molecular flexibility index (Phi) is 11.0. The Labute approximate surface area is 125 Å². The minimum absolute atomic E-state index is 0. The fourth-order valence-electron chi connectivity index (χ4n) is 0.549. The SMILES string of the molecule is CC(=O)/C=C(\O)C(F)(F)F.CC(=O)/C=C(\O)C(F)(F)F.[Co]. The van der Waals surface area contributed by atoms with Crippen molar-refractivity contribution in [3.8, 4) is 0 Å². The van der Waals surface area contributed by atoms with Crippen molar-refractivity contribution in [2.45, 2.75) is 26.2 Å². The number of halogens is 6. The van der Waals surface area contributed by atoms with E-state index in [1.807, 2.05) is 0 Å². The van der Waals surface area contributed by atoms with Crippen molar-refractivity contribution in [2.75, 3.05) is 0 Å². The van der Waals surface area contributed by atoms with Gasteiger partial charge < -0.3 is 10.2 Å². The molecule has 4 nitrogen and oxygen atoms in total. The second kappa shape index (κ2) is 9.44. The molecule has 0 aromatic carbocycles. The van der Waals surface area contributed by atoms with Crippen molar-refractivity contribution in [1.29, 1.82) is 0 Å². The van der Waals surface area contributed by atoms with Crippen molar-refractivity contribution in [1.82, 2.24) is 0 Å². The van der Waals surface area contributed by atoms with Gasteiger partial charge in [-0.25, -0.2) is 0 Å². The molecule has 0 atom stereocenters. The Balaban J connectivity index is -0.000000295. The summed E-state index contributed by atoms with van der Waals surface area (Å²) in [5.41, 5.74) is 0. The smallest absolute Gasteiger partial charge is 0.448 e. The molecule has 125 valence electrons. The quantitative estimate of drug-likeness (QED) is 0.447. The van der Waals surface area contributed by atoms with Crippen LogP contribution in [0.25, 0.3) is 0 Å². The van der Waals surface area contributed by atoms with E-state index in [0.717, 1.165) is 13.8 Å². The van der Waals surface area contributed by atoms with E-state index >= 15 is 0 Å². The van der Waals surface area contributed by atoms with E-state index in [0.29, 0.717) is 0 Å². The average Bonchev–Trinajstić information content (AvgIpc) is 2.13. The van der Waals surface area contributed by atoms with Crippen LogP contribution in [0.3, 0.4) is 0 Å². The van der Waals surface area contributed by atoms with E-state index in [1.54, 1.807) is 0 Å². The van der Waals surface area contributed by atoms with E-state index < -0.39 is 35.4 Å². The number of carbonyl (C=O) groups excluding carboxylic acids is 2. The van der Waals surface area contributed by atoms with Crippen LogP contribution in [-0.4, -0.2) is 34.1 Å². The number of aliphatic hydroxyl groups is 2. The fraction of sp³-hybridized carbons (Fsp3) is 0.400. The van der Waals surface area contributed by atoms with Crippen molar-refractivity contribution in [3.63, 3.8) is 0 Å². The van der Waals surface area contributed by atoms with Gasteiger partial charge >= 0.3 is 12.4 Å². The van der Waals surface area contributed by atoms with Crippen LogP contribution < -0.4 is 0 Å². The molecule has 2 N–H and O–H groups in total. The summed E-state index contributed by atoms with van der Waals surface area (Å²) in [4.78, 5) is 19.9. The summed E-state index contributed by atoms with van der Waals surface area (Å²) in [6, 6.07) is 0. The second-order valence-corrected chi connectivity index (χ2v) is 3.28. The zero-order valence-corrected chi connectivity index (χ0v) is 11.5. The number of ketones is 2. The molecule has 0 heterocycles. The molecule has 0 bridgehead atoms. The molecule has 0 aromatic rings. The van der Waals surface area contributed by atoms with Crippen LogP contribution in [0.2, 0.25) is 0 Å². The first-order valence-electron chi connectivity index (χ1n) is 4.64. The molecule has 0 aliphatic heterocycles. The summed E-state index contributed by atoms with van der Waals surface area (Å²) >= 11 is 0. The van der Waals surface area contributed by atoms with Gasteiger partial charge in [-0.1, -0.05) is 0 Å². The Morgan fingerprint density at radius 2 is 0.952 bits per heavy atom. The third kappa shape index (κ3) is 14.7. The first-order valence-corrected chi connectivity index (χ1v) is 4.64. The molecule has 0 fully saturated rings. The number of carbonyl (C=O) groups is 2.